The van der Waals surface area contributed by atoms with E-state index in [2.05, 4.69) is 58.3 Å². The summed E-state index contributed by atoms with van der Waals surface area (Å²) in [4.78, 5) is 5.57. The first-order chi connectivity index (χ1) is 9.51. The van der Waals surface area contributed by atoms with E-state index in [9.17, 15) is 0 Å². The predicted octanol–water partition coefficient (Wildman–Crippen LogP) is 2.81. The standard InChI is InChI=1S/C13H20BrN5S/c1-8(2)6-19-12(16-7-17-19)5-10(18-15)11-4-9(3)13(14)20-11/h4,7-8,10,18H,5-6,15H2,1-3H3. The van der Waals surface area contributed by atoms with Gasteiger partial charge in [0.15, 0.2) is 0 Å². The molecule has 7 heteroatoms. The summed E-state index contributed by atoms with van der Waals surface area (Å²) in [6.45, 7) is 7.30. The van der Waals surface area contributed by atoms with Crippen molar-refractivity contribution in [2.75, 3.05) is 0 Å². The summed E-state index contributed by atoms with van der Waals surface area (Å²) in [5, 5.41) is 4.29. The Labute approximate surface area is 131 Å². The first kappa shape index (κ1) is 15.6. The number of nitrogens with zero attached hydrogens (tertiary/aromatic N) is 3. The minimum absolute atomic E-state index is 0.0557. The Hall–Kier alpha value is -0.760. The number of aromatic nitrogens is 3. The highest BCUT2D eigenvalue weighted by molar-refractivity contribution is 9.11. The van der Waals surface area contributed by atoms with Gasteiger partial charge in [-0.2, -0.15) is 5.10 Å². The number of thiophene rings is 1. The van der Waals surface area contributed by atoms with Crippen LogP contribution in [-0.4, -0.2) is 14.8 Å². The van der Waals surface area contributed by atoms with Gasteiger partial charge in [-0.3, -0.25) is 11.3 Å². The average molecular weight is 358 g/mol. The van der Waals surface area contributed by atoms with Gasteiger partial charge in [0.2, 0.25) is 0 Å². The Morgan fingerprint density at radius 2 is 2.25 bits per heavy atom. The molecular formula is C13H20BrN5S. The fourth-order valence-electron chi connectivity index (χ4n) is 2.02. The van der Waals surface area contributed by atoms with Gasteiger partial charge in [-0.05, 0) is 40.4 Å². The van der Waals surface area contributed by atoms with Gasteiger partial charge in [-0.1, -0.05) is 13.8 Å². The normalized spacial score (nSPS) is 13.1. The summed E-state index contributed by atoms with van der Waals surface area (Å²) < 4.78 is 3.11. The van der Waals surface area contributed by atoms with E-state index < -0.39 is 0 Å². The molecule has 2 rings (SSSR count). The molecule has 0 saturated heterocycles. The molecule has 0 radical (unpaired) electrons. The van der Waals surface area contributed by atoms with Crippen molar-refractivity contribution in [2.24, 2.45) is 11.8 Å². The highest BCUT2D eigenvalue weighted by Gasteiger charge is 2.18. The molecule has 0 saturated carbocycles. The molecule has 0 spiro atoms. The van der Waals surface area contributed by atoms with Gasteiger partial charge in [0.25, 0.3) is 0 Å². The number of nitrogens with one attached hydrogen (secondary N) is 1. The van der Waals surface area contributed by atoms with Crippen LogP contribution in [0.15, 0.2) is 16.2 Å². The fraction of sp³-hybridized carbons (Fsp3) is 0.538. The van der Waals surface area contributed by atoms with Gasteiger partial charge in [0.05, 0.1) is 9.83 Å². The summed E-state index contributed by atoms with van der Waals surface area (Å²) in [5.74, 6) is 7.22. The summed E-state index contributed by atoms with van der Waals surface area (Å²) in [5.41, 5.74) is 4.12. The van der Waals surface area contributed by atoms with Crippen molar-refractivity contribution in [3.05, 3.63) is 32.4 Å². The molecular weight excluding hydrogens is 338 g/mol. The van der Waals surface area contributed by atoms with Crippen LogP contribution in [0.25, 0.3) is 0 Å². The van der Waals surface area contributed by atoms with Crippen molar-refractivity contribution in [1.82, 2.24) is 20.2 Å². The largest absolute Gasteiger partial charge is 0.271 e. The van der Waals surface area contributed by atoms with Crippen LogP contribution in [0.1, 0.15) is 36.2 Å². The van der Waals surface area contributed by atoms with E-state index in [0.717, 1.165) is 22.6 Å². The zero-order valence-corrected chi connectivity index (χ0v) is 14.3. The Kier molecular flexibility index (Phi) is 5.31. The topological polar surface area (TPSA) is 68.8 Å². The SMILES string of the molecule is Cc1cc(C(Cc2ncnn2CC(C)C)NN)sc1Br. The fourth-order valence-corrected chi connectivity index (χ4v) is 3.66. The van der Waals surface area contributed by atoms with Crippen LogP contribution >= 0.6 is 27.3 Å². The molecule has 1 atom stereocenters. The zero-order chi connectivity index (χ0) is 14.7. The van der Waals surface area contributed by atoms with E-state index in [1.807, 2.05) is 4.68 Å². The summed E-state index contributed by atoms with van der Waals surface area (Å²) in [7, 11) is 0. The Balaban J connectivity index is 2.16. The summed E-state index contributed by atoms with van der Waals surface area (Å²) in [6, 6.07) is 2.21. The third kappa shape index (κ3) is 3.66. The minimum atomic E-state index is 0.0557. The lowest BCUT2D eigenvalue weighted by molar-refractivity contribution is 0.448. The molecule has 0 aliphatic heterocycles. The zero-order valence-electron chi connectivity index (χ0n) is 11.9. The number of hydrazine groups is 1. The third-order valence-electron chi connectivity index (χ3n) is 3.04. The van der Waals surface area contributed by atoms with E-state index in [1.54, 1.807) is 17.7 Å². The molecule has 0 amide bonds. The van der Waals surface area contributed by atoms with Crippen molar-refractivity contribution in [3.8, 4) is 0 Å². The van der Waals surface area contributed by atoms with E-state index >= 15 is 0 Å². The van der Waals surface area contributed by atoms with Gasteiger partial charge < -0.3 is 0 Å². The Bertz CT molecular complexity index is 543. The molecule has 3 N–H and O–H groups in total. The molecule has 20 heavy (non-hydrogen) atoms. The maximum Gasteiger partial charge on any atom is 0.138 e. The van der Waals surface area contributed by atoms with Crippen LogP contribution in [0.5, 0.6) is 0 Å². The maximum atomic E-state index is 5.72. The van der Waals surface area contributed by atoms with Crippen LogP contribution in [0.2, 0.25) is 0 Å². The van der Waals surface area contributed by atoms with Gasteiger partial charge in [0.1, 0.15) is 12.2 Å². The molecule has 5 nitrogen and oxygen atoms in total. The van der Waals surface area contributed by atoms with Crippen LogP contribution in [0.4, 0.5) is 0 Å². The van der Waals surface area contributed by atoms with Crippen molar-refractivity contribution in [3.63, 3.8) is 0 Å². The predicted molar refractivity (Wildman–Crippen MR) is 85.4 cm³/mol. The molecule has 0 aromatic carbocycles. The second-order valence-electron chi connectivity index (χ2n) is 5.28. The van der Waals surface area contributed by atoms with Crippen molar-refractivity contribution in [2.45, 2.75) is 39.8 Å². The molecule has 0 bridgehead atoms. The van der Waals surface area contributed by atoms with E-state index in [0.29, 0.717) is 5.92 Å². The lowest BCUT2D eigenvalue weighted by Gasteiger charge is -2.15. The highest BCUT2D eigenvalue weighted by Crippen LogP contribution is 2.32. The Morgan fingerprint density at radius 3 is 2.80 bits per heavy atom. The minimum Gasteiger partial charge on any atom is -0.271 e. The number of nitrogens with two attached hydrogens (primary N) is 1. The first-order valence-electron chi connectivity index (χ1n) is 6.60. The smallest absolute Gasteiger partial charge is 0.138 e. The molecule has 0 fully saturated rings. The quantitative estimate of drug-likeness (QED) is 0.616. The lowest BCUT2D eigenvalue weighted by atomic mass is 10.1. The number of halogens is 1. The molecule has 0 aliphatic rings. The number of hydrogen-bond donors (Lipinski definition) is 2. The van der Waals surface area contributed by atoms with Crippen LogP contribution in [-0.2, 0) is 13.0 Å². The van der Waals surface area contributed by atoms with Gasteiger partial charge in [-0.25, -0.2) is 9.67 Å². The van der Waals surface area contributed by atoms with Crippen LogP contribution in [0.3, 0.4) is 0 Å². The van der Waals surface area contributed by atoms with Crippen LogP contribution < -0.4 is 11.3 Å². The molecule has 2 heterocycles. The van der Waals surface area contributed by atoms with Crippen molar-refractivity contribution in [1.29, 1.82) is 0 Å². The molecule has 110 valence electrons. The van der Waals surface area contributed by atoms with Gasteiger partial charge in [-0.15, -0.1) is 11.3 Å². The van der Waals surface area contributed by atoms with Crippen molar-refractivity contribution >= 4 is 27.3 Å². The number of aryl methyl sites for hydroxylation is 1. The highest BCUT2D eigenvalue weighted by atomic mass is 79.9. The lowest BCUT2D eigenvalue weighted by Crippen LogP contribution is -2.30. The third-order valence-corrected chi connectivity index (χ3v) is 5.29. The first-order valence-corrected chi connectivity index (χ1v) is 8.20. The molecule has 1 unspecified atom stereocenters. The maximum absolute atomic E-state index is 5.72. The number of rotatable bonds is 6. The summed E-state index contributed by atoms with van der Waals surface area (Å²) in [6.07, 6.45) is 2.34. The number of hydrogen-bond acceptors (Lipinski definition) is 5. The van der Waals surface area contributed by atoms with Gasteiger partial charge >= 0.3 is 0 Å². The van der Waals surface area contributed by atoms with Gasteiger partial charge in [0, 0.05) is 17.8 Å². The molecule has 2 aromatic rings. The van der Waals surface area contributed by atoms with E-state index in [4.69, 9.17) is 5.84 Å². The molecule has 2 aromatic heterocycles. The van der Waals surface area contributed by atoms with Crippen molar-refractivity contribution < 1.29 is 0 Å². The second-order valence-corrected chi connectivity index (χ2v) is 7.68. The van der Waals surface area contributed by atoms with E-state index in [-0.39, 0.29) is 6.04 Å². The monoisotopic (exact) mass is 357 g/mol. The second kappa shape index (κ2) is 6.80. The Morgan fingerprint density at radius 1 is 1.50 bits per heavy atom. The van der Waals surface area contributed by atoms with Crippen LogP contribution in [0, 0.1) is 12.8 Å². The average Bonchev–Trinajstić information content (AvgIpc) is 2.94. The molecule has 0 aliphatic carbocycles. The summed E-state index contributed by atoms with van der Waals surface area (Å²) >= 11 is 5.26. The van der Waals surface area contributed by atoms with E-state index in [1.165, 1.54) is 10.4 Å².